The van der Waals surface area contributed by atoms with Crippen molar-refractivity contribution >= 4 is 48.3 Å². The monoisotopic (exact) mass is 399 g/mol. The molecular formula is C14H11BrClN3O2S. The number of para-hydroxylation sites is 1. The first-order valence-corrected chi connectivity index (χ1v) is 9.27. The molecule has 0 N–H and O–H groups in total. The van der Waals surface area contributed by atoms with Crippen molar-refractivity contribution in [2.24, 2.45) is 0 Å². The standard InChI is InChI=1S/C14H11BrClN3O2S/c1-2-22(20,21)12-8-19(11-6-4-3-5-9(11)12)13-10(15)7-17-14(16)18-13/h3-8H,2H2,1H3. The van der Waals surface area contributed by atoms with E-state index < -0.39 is 9.84 Å². The van der Waals surface area contributed by atoms with Crippen molar-refractivity contribution in [3.8, 4) is 5.82 Å². The smallest absolute Gasteiger partial charge is 0.224 e. The molecule has 0 amide bonds. The number of nitrogens with zero attached hydrogens (tertiary/aromatic N) is 3. The molecule has 1 aromatic carbocycles. The molecule has 114 valence electrons. The lowest BCUT2D eigenvalue weighted by atomic mass is 10.2. The Balaban J connectivity index is 2.39. The van der Waals surface area contributed by atoms with Crippen molar-refractivity contribution < 1.29 is 8.42 Å². The molecule has 5 nitrogen and oxygen atoms in total. The van der Waals surface area contributed by atoms with Gasteiger partial charge in [-0.25, -0.2) is 13.4 Å². The maximum atomic E-state index is 12.3. The number of hydrogen-bond donors (Lipinski definition) is 0. The quantitative estimate of drug-likeness (QED) is 0.630. The van der Waals surface area contributed by atoms with Gasteiger partial charge in [0.1, 0.15) is 0 Å². The van der Waals surface area contributed by atoms with Crippen molar-refractivity contribution in [1.82, 2.24) is 14.5 Å². The fourth-order valence-electron chi connectivity index (χ4n) is 2.23. The van der Waals surface area contributed by atoms with Gasteiger partial charge in [0.25, 0.3) is 0 Å². The van der Waals surface area contributed by atoms with Crippen molar-refractivity contribution in [2.45, 2.75) is 11.8 Å². The minimum atomic E-state index is -3.35. The summed E-state index contributed by atoms with van der Waals surface area (Å²) in [6, 6.07) is 7.28. The molecule has 0 aliphatic heterocycles. The van der Waals surface area contributed by atoms with Gasteiger partial charge in [0, 0.05) is 17.8 Å². The van der Waals surface area contributed by atoms with Crippen LogP contribution in [0.5, 0.6) is 0 Å². The Kier molecular flexibility index (Phi) is 3.96. The molecule has 0 unspecified atom stereocenters. The molecular weight excluding hydrogens is 390 g/mol. The summed E-state index contributed by atoms with van der Waals surface area (Å²) in [7, 11) is -3.35. The van der Waals surface area contributed by atoms with Gasteiger partial charge in [0.2, 0.25) is 5.28 Å². The maximum absolute atomic E-state index is 12.3. The van der Waals surface area contributed by atoms with Crippen molar-refractivity contribution in [1.29, 1.82) is 0 Å². The summed E-state index contributed by atoms with van der Waals surface area (Å²) in [6.45, 7) is 1.62. The lowest BCUT2D eigenvalue weighted by molar-refractivity contribution is 0.598. The number of rotatable bonds is 3. The topological polar surface area (TPSA) is 64.8 Å². The SMILES string of the molecule is CCS(=O)(=O)c1cn(-c2nc(Cl)ncc2Br)c2ccccc12. The molecule has 0 fully saturated rings. The van der Waals surface area contributed by atoms with Gasteiger partial charge < -0.3 is 0 Å². The molecule has 22 heavy (non-hydrogen) atoms. The van der Waals surface area contributed by atoms with E-state index in [2.05, 4.69) is 25.9 Å². The van der Waals surface area contributed by atoms with E-state index in [-0.39, 0.29) is 15.9 Å². The summed E-state index contributed by atoms with van der Waals surface area (Å²) in [5, 5.41) is 0.752. The average molecular weight is 401 g/mol. The zero-order valence-electron chi connectivity index (χ0n) is 11.5. The van der Waals surface area contributed by atoms with E-state index in [4.69, 9.17) is 11.6 Å². The number of aromatic nitrogens is 3. The maximum Gasteiger partial charge on any atom is 0.224 e. The van der Waals surface area contributed by atoms with E-state index in [0.29, 0.717) is 15.7 Å². The van der Waals surface area contributed by atoms with Gasteiger partial charge >= 0.3 is 0 Å². The molecule has 8 heteroatoms. The van der Waals surface area contributed by atoms with Crippen LogP contribution in [0.4, 0.5) is 0 Å². The van der Waals surface area contributed by atoms with Gasteiger partial charge in [-0.3, -0.25) is 4.57 Å². The zero-order valence-corrected chi connectivity index (χ0v) is 14.7. The highest BCUT2D eigenvalue weighted by atomic mass is 79.9. The van der Waals surface area contributed by atoms with Crippen LogP contribution in [0.25, 0.3) is 16.7 Å². The number of sulfone groups is 1. The van der Waals surface area contributed by atoms with Crippen LogP contribution in [0.1, 0.15) is 6.92 Å². The third kappa shape index (κ3) is 2.53. The summed E-state index contributed by atoms with van der Waals surface area (Å²) in [6.07, 6.45) is 3.11. The van der Waals surface area contributed by atoms with E-state index >= 15 is 0 Å². The van der Waals surface area contributed by atoms with Crippen LogP contribution in [0.15, 0.2) is 46.0 Å². The number of halogens is 2. The average Bonchev–Trinajstić information content (AvgIpc) is 2.90. The molecule has 3 aromatic rings. The Morgan fingerprint density at radius 1 is 1.32 bits per heavy atom. The molecule has 0 aliphatic carbocycles. The Bertz CT molecular complexity index is 969. The van der Waals surface area contributed by atoms with Crippen LogP contribution in [0, 0.1) is 0 Å². The molecule has 0 saturated heterocycles. The summed E-state index contributed by atoms with van der Waals surface area (Å²) >= 11 is 9.24. The fraction of sp³-hybridized carbons (Fsp3) is 0.143. The van der Waals surface area contributed by atoms with Gasteiger partial charge in [-0.05, 0) is 33.6 Å². The predicted molar refractivity (Wildman–Crippen MR) is 89.3 cm³/mol. The molecule has 2 heterocycles. The summed E-state index contributed by atoms with van der Waals surface area (Å²) in [4.78, 5) is 8.37. The largest absolute Gasteiger partial charge is 0.299 e. The van der Waals surface area contributed by atoms with Crippen LogP contribution in [-0.2, 0) is 9.84 Å². The fourth-order valence-corrected chi connectivity index (χ4v) is 3.83. The van der Waals surface area contributed by atoms with Gasteiger partial charge in [0.15, 0.2) is 15.7 Å². The summed E-state index contributed by atoms with van der Waals surface area (Å²) in [5.74, 6) is 0.529. The van der Waals surface area contributed by atoms with Crippen molar-refractivity contribution in [3.63, 3.8) is 0 Å². The lowest BCUT2D eigenvalue weighted by Crippen LogP contribution is -2.03. The highest BCUT2D eigenvalue weighted by Gasteiger charge is 2.21. The number of hydrogen-bond acceptors (Lipinski definition) is 4. The number of fused-ring (bicyclic) bond motifs is 1. The third-order valence-electron chi connectivity index (χ3n) is 3.31. The van der Waals surface area contributed by atoms with Crippen molar-refractivity contribution in [2.75, 3.05) is 5.75 Å². The van der Waals surface area contributed by atoms with Crippen LogP contribution in [0.2, 0.25) is 5.28 Å². The van der Waals surface area contributed by atoms with E-state index in [0.717, 1.165) is 5.52 Å². The molecule has 2 aromatic heterocycles. The van der Waals surface area contributed by atoms with Gasteiger partial charge in [-0.2, -0.15) is 4.98 Å². The molecule has 0 radical (unpaired) electrons. The van der Waals surface area contributed by atoms with E-state index in [1.54, 1.807) is 23.8 Å². The predicted octanol–water partition coefficient (Wildman–Crippen LogP) is 3.63. The van der Waals surface area contributed by atoms with Gasteiger partial charge in [-0.1, -0.05) is 25.1 Å². The van der Waals surface area contributed by atoms with Crippen LogP contribution < -0.4 is 0 Å². The zero-order chi connectivity index (χ0) is 15.9. The molecule has 0 aliphatic rings. The summed E-state index contributed by atoms with van der Waals surface area (Å²) < 4.78 is 27.0. The normalized spacial score (nSPS) is 12.0. The second kappa shape index (κ2) is 5.64. The van der Waals surface area contributed by atoms with Crippen molar-refractivity contribution in [3.05, 3.63) is 46.4 Å². The van der Waals surface area contributed by atoms with Crippen LogP contribution in [-0.4, -0.2) is 28.7 Å². The Labute approximate surface area is 141 Å². The lowest BCUT2D eigenvalue weighted by Gasteiger charge is -2.06. The Morgan fingerprint density at radius 3 is 2.77 bits per heavy atom. The van der Waals surface area contributed by atoms with E-state index in [9.17, 15) is 8.42 Å². The Morgan fingerprint density at radius 2 is 2.05 bits per heavy atom. The second-order valence-electron chi connectivity index (χ2n) is 4.59. The second-order valence-corrected chi connectivity index (χ2v) is 8.03. The van der Waals surface area contributed by atoms with Gasteiger partial charge in [-0.15, -0.1) is 0 Å². The molecule has 0 atom stereocenters. The van der Waals surface area contributed by atoms with Crippen LogP contribution >= 0.6 is 27.5 Å². The first-order chi connectivity index (χ1) is 10.4. The first-order valence-electron chi connectivity index (χ1n) is 6.45. The summed E-state index contributed by atoms with van der Waals surface area (Å²) in [5.41, 5.74) is 0.741. The molecule has 3 rings (SSSR count). The molecule has 0 spiro atoms. The van der Waals surface area contributed by atoms with Gasteiger partial charge in [0.05, 0.1) is 20.6 Å². The highest BCUT2D eigenvalue weighted by Crippen LogP contribution is 2.30. The minimum Gasteiger partial charge on any atom is -0.299 e. The third-order valence-corrected chi connectivity index (χ3v) is 5.81. The minimum absolute atomic E-state index is 0.0344. The first kappa shape index (κ1) is 15.5. The van der Waals surface area contributed by atoms with E-state index in [1.165, 1.54) is 6.20 Å². The Hall–Kier alpha value is -1.44. The van der Waals surface area contributed by atoms with E-state index in [1.807, 2.05) is 18.2 Å². The molecule has 0 saturated carbocycles. The number of benzene rings is 1. The highest BCUT2D eigenvalue weighted by molar-refractivity contribution is 9.10. The van der Waals surface area contributed by atoms with Crippen LogP contribution in [0.3, 0.4) is 0 Å². The molecule has 0 bridgehead atoms.